The number of rotatable bonds is 4. The summed E-state index contributed by atoms with van der Waals surface area (Å²) in [6.07, 6.45) is -0.195. The van der Waals surface area contributed by atoms with Gasteiger partial charge in [-0.2, -0.15) is 0 Å². The number of para-hydroxylation sites is 1. The van der Waals surface area contributed by atoms with Crippen LogP contribution in [0.5, 0.6) is 11.5 Å². The maximum atomic E-state index is 13.4. The quantitative estimate of drug-likeness (QED) is 0.644. The molecule has 4 rings (SSSR count). The Morgan fingerprint density at radius 2 is 1.89 bits per heavy atom. The number of fused-ring (bicyclic) bond motifs is 2. The first-order chi connectivity index (χ1) is 13.1. The van der Waals surface area contributed by atoms with Gasteiger partial charge in [0, 0.05) is 29.5 Å². The molecule has 0 fully saturated rings. The smallest absolute Gasteiger partial charge is 0.252 e. The molecule has 2 atom stereocenters. The summed E-state index contributed by atoms with van der Waals surface area (Å²) in [4.78, 5) is 16.8. The zero-order chi connectivity index (χ0) is 19.1. The number of aliphatic hydroxyl groups excluding tert-OH is 1. The van der Waals surface area contributed by atoms with E-state index in [1.807, 2.05) is 24.3 Å². The largest absolute Gasteiger partial charge is 0.493 e. The van der Waals surface area contributed by atoms with Crippen molar-refractivity contribution in [2.45, 2.75) is 18.6 Å². The maximum Gasteiger partial charge on any atom is 0.252 e. The predicted molar refractivity (Wildman–Crippen MR) is 104 cm³/mol. The molecule has 2 aliphatic rings. The number of carbonyl (C=O) groups is 1. The van der Waals surface area contributed by atoms with Gasteiger partial charge in [-0.15, -0.1) is 11.6 Å². The lowest BCUT2D eigenvalue weighted by atomic mass is 10.0. The molecule has 1 N–H and O–H groups in total. The molecule has 2 aromatic rings. The molecule has 2 aromatic carbocycles. The van der Waals surface area contributed by atoms with Crippen molar-refractivity contribution < 1.29 is 19.4 Å². The van der Waals surface area contributed by atoms with E-state index in [4.69, 9.17) is 21.1 Å². The van der Waals surface area contributed by atoms with E-state index in [-0.39, 0.29) is 11.9 Å². The number of methoxy groups -OCH3 is 2. The van der Waals surface area contributed by atoms with Crippen LogP contribution in [0.15, 0.2) is 36.4 Å². The zero-order valence-electron chi connectivity index (χ0n) is 15.2. The normalized spacial score (nSPS) is 20.4. The van der Waals surface area contributed by atoms with E-state index >= 15 is 0 Å². The summed E-state index contributed by atoms with van der Waals surface area (Å²) in [6, 6.07) is 10.6. The molecule has 142 valence electrons. The molecule has 0 radical (unpaired) electrons. The lowest BCUT2D eigenvalue weighted by Gasteiger charge is -2.29. The van der Waals surface area contributed by atoms with Crippen LogP contribution in [-0.4, -0.2) is 43.8 Å². The maximum absolute atomic E-state index is 13.4. The van der Waals surface area contributed by atoms with Crippen LogP contribution in [-0.2, 0) is 11.2 Å². The van der Waals surface area contributed by atoms with Crippen LogP contribution in [0.3, 0.4) is 0 Å². The number of benzene rings is 2. The molecule has 2 aliphatic heterocycles. The summed E-state index contributed by atoms with van der Waals surface area (Å²) >= 11 is 6.19. The number of amides is 1. The van der Waals surface area contributed by atoms with E-state index in [0.717, 1.165) is 17.7 Å². The summed E-state index contributed by atoms with van der Waals surface area (Å²) < 4.78 is 10.7. The van der Waals surface area contributed by atoms with Crippen LogP contribution in [0.1, 0.15) is 17.2 Å². The number of ether oxygens (including phenoxy) is 2. The predicted octanol–water partition coefficient (Wildman–Crippen LogP) is 2.71. The summed E-state index contributed by atoms with van der Waals surface area (Å²) in [5.74, 6) is 0.866. The third-order valence-electron chi connectivity index (χ3n) is 5.33. The molecular formula is C20H21ClN2O4. The summed E-state index contributed by atoms with van der Waals surface area (Å²) in [7, 11) is 3.08. The van der Waals surface area contributed by atoms with Gasteiger partial charge in [0.25, 0.3) is 5.91 Å². The molecule has 0 spiro atoms. The Bertz CT molecular complexity index is 888. The zero-order valence-corrected chi connectivity index (χ0v) is 15.9. The SMILES string of the molecule is COc1cc2c(cc1OC)N(CCl)C(C(=O)N1CCc3ccccc31)C2O. The molecule has 1 amide bonds. The number of alkyl halides is 1. The molecule has 0 aliphatic carbocycles. The molecular weight excluding hydrogens is 368 g/mol. The molecule has 0 aromatic heterocycles. The fourth-order valence-electron chi connectivity index (χ4n) is 3.99. The van der Waals surface area contributed by atoms with Crippen molar-refractivity contribution in [3.8, 4) is 11.5 Å². The average Bonchev–Trinajstić information content (AvgIpc) is 3.25. The highest BCUT2D eigenvalue weighted by Crippen LogP contribution is 2.46. The topological polar surface area (TPSA) is 62.2 Å². The van der Waals surface area contributed by atoms with Crippen LogP contribution in [0.25, 0.3) is 0 Å². The van der Waals surface area contributed by atoms with Crippen molar-refractivity contribution in [1.82, 2.24) is 0 Å². The monoisotopic (exact) mass is 388 g/mol. The van der Waals surface area contributed by atoms with Crippen LogP contribution in [0.2, 0.25) is 0 Å². The lowest BCUT2D eigenvalue weighted by Crippen LogP contribution is -2.48. The minimum absolute atomic E-state index is 0.0748. The Labute approximate surface area is 162 Å². The molecule has 2 unspecified atom stereocenters. The molecule has 0 saturated heterocycles. The first-order valence-electron chi connectivity index (χ1n) is 8.76. The van der Waals surface area contributed by atoms with Gasteiger partial charge in [-0.1, -0.05) is 18.2 Å². The molecule has 0 bridgehead atoms. The number of nitrogens with zero attached hydrogens (tertiary/aromatic N) is 2. The highest BCUT2D eigenvalue weighted by molar-refractivity contribution is 6.20. The number of aliphatic hydroxyl groups is 1. The third-order valence-corrected chi connectivity index (χ3v) is 5.59. The second-order valence-electron chi connectivity index (χ2n) is 6.61. The summed E-state index contributed by atoms with van der Waals surface area (Å²) in [6.45, 7) is 0.598. The third kappa shape index (κ3) is 2.71. The van der Waals surface area contributed by atoms with E-state index < -0.39 is 12.1 Å². The molecule has 0 saturated carbocycles. The van der Waals surface area contributed by atoms with E-state index in [9.17, 15) is 9.90 Å². The van der Waals surface area contributed by atoms with Gasteiger partial charge >= 0.3 is 0 Å². The van der Waals surface area contributed by atoms with E-state index in [1.165, 1.54) is 7.11 Å². The summed E-state index contributed by atoms with van der Waals surface area (Å²) in [5, 5.41) is 11.0. The van der Waals surface area contributed by atoms with Gasteiger partial charge in [-0.05, 0) is 24.1 Å². The van der Waals surface area contributed by atoms with E-state index in [0.29, 0.717) is 29.3 Å². The van der Waals surface area contributed by atoms with Crippen LogP contribution >= 0.6 is 11.6 Å². The number of hydrogen-bond donors (Lipinski definition) is 1. The number of hydrogen-bond acceptors (Lipinski definition) is 5. The Balaban J connectivity index is 1.72. The van der Waals surface area contributed by atoms with Crippen molar-refractivity contribution in [3.63, 3.8) is 0 Å². The Kier molecular flexibility index (Phi) is 4.61. The van der Waals surface area contributed by atoms with Gasteiger partial charge < -0.3 is 24.4 Å². The second kappa shape index (κ2) is 6.94. The highest BCUT2D eigenvalue weighted by atomic mass is 35.5. The first-order valence-corrected chi connectivity index (χ1v) is 9.30. The first kappa shape index (κ1) is 17.9. The molecule has 7 heteroatoms. The van der Waals surface area contributed by atoms with Crippen molar-refractivity contribution >= 4 is 28.9 Å². The minimum atomic E-state index is -1.00. The van der Waals surface area contributed by atoms with E-state index in [1.54, 1.807) is 29.0 Å². The number of anilines is 2. The van der Waals surface area contributed by atoms with Gasteiger partial charge in [0.15, 0.2) is 11.5 Å². The minimum Gasteiger partial charge on any atom is -0.493 e. The lowest BCUT2D eigenvalue weighted by molar-refractivity contribution is -0.121. The highest BCUT2D eigenvalue weighted by Gasteiger charge is 2.45. The van der Waals surface area contributed by atoms with Gasteiger partial charge in [0.2, 0.25) is 0 Å². The second-order valence-corrected chi connectivity index (χ2v) is 6.85. The van der Waals surface area contributed by atoms with Gasteiger partial charge in [-0.25, -0.2) is 0 Å². The fraction of sp³-hybridized carbons (Fsp3) is 0.350. The van der Waals surface area contributed by atoms with Crippen molar-refractivity contribution in [3.05, 3.63) is 47.5 Å². The van der Waals surface area contributed by atoms with E-state index in [2.05, 4.69) is 0 Å². The molecule has 6 nitrogen and oxygen atoms in total. The molecule has 27 heavy (non-hydrogen) atoms. The van der Waals surface area contributed by atoms with Crippen molar-refractivity contribution in [1.29, 1.82) is 0 Å². The Morgan fingerprint density at radius 3 is 2.59 bits per heavy atom. The summed E-state index contributed by atoms with van der Waals surface area (Å²) in [5.41, 5.74) is 3.33. The van der Waals surface area contributed by atoms with Gasteiger partial charge in [0.05, 0.1) is 20.2 Å². The van der Waals surface area contributed by atoms with Gasteiger partial charge in [0.1, 0.15) is 12.1 Å². The van der Waals surface area contributed by atoms with Crippen LogP contribution in [0, 0.1) is 0 Å². The Hall–Kier alpha value is -2.44. The standard InChI is InChI=1S/C20H21ClN2O4/c1-26-16-9-13-15(10-17(16)27-2)23(11-21)18(19(13)24)20(25)22-8-7-12-5-3-4-6-14(12)22/h3-6,9-10,18-19,24H,7-8,11H2,1-2H3. The number of carbonyl (C=O) groups excluding carboxylic acids is 1. The van der Waals surface area contributed by atoms with Crippen LogP contribution in [0.4, 0.5) is 11.4 Å². The van der Waals surface area contributed by atoms with Crippen molar-refractivity contribution in [2.75, 3.05) is 36.6 Å². The van der Waals surface area contributed by atoms with Gasteiger partial charge in [-0.3, -0.25) is 4.79 Å². The number of halogens is 1. The van der Waals surface area contributed by atoms with Crippen LogP contribution < -0.4 is 19.3 Å². The fourth-order valence-corrected chi connectivity index (χ4v) is 4.27. The molecule has 2 heterocycles. The van der Waals surface area contributed by atoms with Crippen molar-refractivity contribution in [2.24, 2.45) is 0 Å². The average molecular weight is 389 g/mol. The Morgan fingerprint density at radius 1 is 1.19 bits per heavy atom.